The van der Waals surface area contributed by atoms with Gasteiger partial charge in [0.05, 0.1) is 11.4 Å². The van der Waals surface area contributed by atoms with Crippen LogP contribution in [0.25, 0.3) is 22.5 Å². The normalized spacial score (nSPS) is 15.7. The minimum atomic E-state index is -0.0219. The summed E-state index contributed by atoms with van der Waals surface area (Å²) in [5.41, 5.74) is 7.61. The van der Waals surface area contributed by atoms with E-state index in [4.69, 9.17) is 0 Å². The molecule has 1 aliphatic carbocycles. The summed E-state index contributed by atoms with van der Waals surface area (Å²) in [6.45, 7) is 5.71. The Balaban J connectivity index is 1.24. The Morgan fingerprint density at radius 3 is 2.69 bits per heavy atom. The Morgan fingerprint density at radius 1 is 1.07 bits per heavy atom. The molecule has 148 valence electrons. The number of amides is 1. The summed E-state index contributed by atoms with van der Waals surface area (Å²) in [6, 6.07) is 16.2. The van der Waals surface area contributed by atoms with Crippen molar-refractivity contribution in [1.82, 2.24) is 25.7 Å². The van der Waals surface area contributed by atoms with Crippen molar-refractivity contribution >= 4 is 5.91 Å². The molecule has 1 saturated heterocycles. The topological polar surface area (TPSA) is 73.1 Å². The highest BCUT2D eigenvalue weighted by atomic mass is 16.1. The standard InChI is InChI=1S/C23H25N5O/c29-23(25-11-14-28-12-9-24-10-13-28)17-7-5-16(6-8-17)21-20-15-18-3-1-2-4-19(18)22(20)27-26-21/h1-8,24H,9-15H2,(H,25,29)(H,26,27). The third-order valence-corrected chi connectivity index (χ3v) is 5.86. The zero-order valence-corrected chi connectivity index (χ0v) is 16.4. The summed E-state index contributed by atoms with van der Waals surface area (Å²) in [5, 5.41) is 14.1. The van der Waals surface area contributed by atoms with Gasteiger partial charge in [0.2, 0.25) is 0 Å². The van der Waals surface area contributed by atoms with Crippen molar-refractivity contribution < 1.29 is 4.79 Å². The zero-order valence-electron chi connectivity index (χ0n) is 16.4. The molecule has 1 fully saturated rings. The van der Waals surface area contributed by atoms with Gasteiger partial charge in [0.1, 0.15) is 0 Å². The van der Waals surface area contributed by atoms with Gasteiger partial charge in [0, 0.05) is 67.9 Å². The highest BCUT2D eigenvalue weighted by Crippen LogP contribution is 2.39. The number of carbonyl (C=O) groups is 1. The highest BCUT2D eigenvalue weighted by Gasteiger charge is 2.24. The first-order chi connectivity index (χ1) is 14.3. The molecule has 5 rings (SSSR count). The van der Waals surface area contributed by atoms with Gasteiger partial charge in [0.25, 0.3) is 5.91 Å². The van der Waals surface area contributed by atoms with Gasteiger partial charge in [-0.25, -0.2) is 0 Å². The van der Waals surface area contributed by atoms with E-state index in [9.17, 15) is 4.79 Å². The Kier molecular flexibility index (Phi) is 4.87. The summed E-state index contributed by atoms with van der Waals surface area (Å²) in [5.74, 6) is -0.0219. The van der Waals surface area contributed by atoms with Crippen molar-refractivity contribution in [1.29, 1.82) is 0 Å². The van der Waals surface area contributed by atoms with Gasteiger partial charge in [-0.1, -0.05) is 36.4 Å². The molecular formula is C23H25N5O. The fraction of sp³-hybridized carbons (Fsp3) is 0.304. The number of aromatic amines is 1. The fourth-order valence-corrected chi connectivity index (χ4v) is 4.25. The molecule has 0 radical (unpaired) electrons. The first-order valence-electron chi connectivity index (χ1n) is 10.3. The Hall–Kier alpha value is -2.96. The van der Waals surface area contributed by atoms with Crippen molar-refractivity contribution in [3.8, 4) is 22.5 Å². The fourth-order valence-electron chi connectivity index (χ4n) is 4.25. The summed E-state index contributed by atoms with van der Waals surface area (Å²) >= 11 is 0. The Bertz CT molecular complexity index is 1020. The first-order valence-corrected chi connectivity index (χ1v) is 10.3. The largest absolute Gasteiger partial charge is 0.351 e. The highest BCUT2D eigenvalue weighted by molar-refractivity contribution is 5.94. The van der Waals surface area contributed by atoms with Gasteiger partial charge < -0.3 is 10.6 Å². The summed E-state index contributed by atoms with van der Waals surface area (Å²) in [7, 11) is 0. The van der Waals surface area contributed by atoms with Crippen LogP contribution in [0.4, 0.5) is 0 Å². The summed E-state index contributed by atoms with van der Waals surface area (Å²) in [4.78, 5) is 14.8. The minimum absolute atomic E-state index is 0.0219. The van der Waals surface area contributed by atoms with Gasteiger partial charge in [-0.05, 0) is 17.7 Å². The number of aromatic nitrogens is 2. The maximum absolute atomic E-state index is 12.5. The lowest BCUT2D eigenvalue weighted by Crippen LogP contribution is -2.46. The number of rotatable bonds is 5. The van der Waals surface area contributed by atoms with Crippen LogP contribution in [0, 0.1) is 0 Å². The molecule has 2 heterocycles. The molecule has 3 N–H and O–H groups in total. The van der Waals surface area contributed by atoms with Crippen LogP contribution in [-0.2, 0) is 6.42 Å². The van der Waals surface area contributed by atoms with Crippen LogP contribution >= 0.6 is 0 Å². The van der Waals surface area contributed by atoms with Crippen LogP contribution in [0.3, 0.4) is 0 Å². The summed E-state index contributed by atoms with van der Waals surface area (Å²) < 4.78 is 0. The molecule has 0 bridgehead atoms. The van der Waals surface area contributed by atoms with Crippen LogP contribution < -0.4 is 10.6 Å². The van der Waals surface area contributed by atoms with Crippen LogP contribution in [0.5, 0.6) is 0 Å². The molecule has 3 aromatic rings. The second-order valence-corrected chi connectivity index (χ2v) is 7.68. The maximum atomic E-state index is 12.5. The van der Waals surface area contributed by atoms with Gasteiger partial charge in [-0.15, -0.1) is 0 Å². The molecule has 1 aromatic heterocycles. The van der Waals surface area contributed by atoms with Crippen molar-refractivity contribution in [3.63, 3.8) is 0 Å². The number of nitrogens with one attached hydrogen (secondary N) is 3. The molecule has 0 saturated carbocycles. The average Bonchev–Trinajstić information content (AvgIpc) is 3.34. The quantitative estimate of drug-likeness (QED) is 0.491. The molecule has 1 amide bonds. The Labute approximate surface area is 170 Å². The monoisotopic (exact) mass is 387 g/mol. The molecule has 6 nitrogen and oxygen atoms in total. The first kappa shape index (κ1) is 18.1. The molecule has 0 spiro atoms. The van der Waals surface area contributed by atoms with E-state index in [2.05, 4.69) is 50.0 Å². The van der Waals surface area contributed by atoms with Crippen LogP contribution in [0.15, 0.2) is 48.5 Å². The van der Waals surface area contributed by atoms with Gasteiger partial charge in [-0.2, -0.15) is 5.10 Å². The second-order valence-electron chi connectivity index (χ2n) is 7.68. The van der Waals surface area contributed by atoms with Crippen molar-refractivity contribution in [2.24, 2.45) is 0 Å². The van der Waals surface area contributed by atoms with Gasteiger partial charge in [0.15, 0.2) is 0 Å². The van der Waals surface area contributed by atoms with E-state index in [1.165, 1.54) is 16.7 Å². The van der Waals surface area contributed by atoms with Gasteiger partial charge in [-0.3, -0.25) is 14.8 Å². The Morgan fingerprint density at radius 2 is 1.86 bits per heavy atom. The minimum Gasteiger partial charge on any atom is -0.351 e. The second kappa shape index (κ2) is 7.81. The number of hydrogen-bond acceptors (Lipinski definition) is 4. The van der Waals surface area contributed by atoms with Crippen LogP contribution in [0.2, 0.25) is 0 Å². The molecule has 0 atom stereocenters. The SMILES string of the molecule is O=C(NCCN1CCNCC1)c1ccc(-c2n[nH]c3c2Cc2ccccc2-3)cc1. The predicted octanol–water partition coefficient (Wildman–Crippen LogP) is 2.28. The lowest BCUT2D eigenvalue weighted by atomic mass is 10.0. The van der Waals surface area contributed by atoms with E-state index < -0.39 is 0 Å². The number of hydrogen-bond donors (Lipinski definition) is 3. The smallest absolute Gasteiger partial charge is 0.251 e. The maximum Gasteiger partial charge on any atom is 0.251 e. The van der Waals surface area contributed by atoms with E-state index in [1.807, 2.05) is 24.3 Å². The van der Waals surface area contributed by atoms with E-state index in [0.717, 1.165) is 56.1 Å². The molecular weight excluding hydrogens is 362 g/mol. The van der Waals surface area contributed by atoms with Gasteiger partial charge >= 0.3 is 0 Å². The number of benzene rings is 2. The van der Waals surface area contributed by atoms with Crippen molar-refractivity contribution in [2.45, 2.75) is 6.42 Å². The van der Waals surface area contributed by atoms with E-state index >= 15 is 0 Å². The van der Waals surface area contributed by atoms with Crippen molar-refractivity contribution in [2.75, 3.05) is 39.3 Å². The lowest BCUT2D eigenvalue weighted by Gasteiger charge is -2.27. The third kappa shape index (κ3) is 3.57. The van der Waals surface area contributed by atoms with E-state index in [-0.39, 0.29) is 5.91 Å². The van der Waals surface area contributed by atoms with Crippen LogP contribution in [0.1, 0.15) is 21.5 Å². The molecule has 6 heteroatoms. The number of nitrogens with zero attached hydrogens (tertiary/aromatic N) is 2. The number of H-pyrrole nitrogens is 1. The third-order valence-electron chi connectivity index (χ3n) is 5.86. The molecule has 29 heavy (non-hydrogen) atoms. The number of fused-ring (bicyclic) bond motifs is 3. The predicted molar refractivity (Wildman–Crippen MR) is 114 cm³/mol. The molecule has 1 aliphatic heterocycles. The number of carbonyl (C=O) groups excluding carboxylic acids is 1. The number of piperazine rings is 1. The molecule has 2 aromatic carbocycles. The zero-order chi connectivity index (χ0) is 19.6. The molecule has 2 aliphatic rings. The van der Waals surface area contributed by atoms with E-state index in [0.29, 0.717) is 12.1 Å². The van der Waals surface area contributed by atoms with E-state index in [1.54, 1.807) is 0 Å². The van der Waals surface area contributed by atoms with Crippen LogP contribution in [-0.4, -0.2) is 60.3 Å². The van der Waals surface area contributed by atoms with Crippen molar-refractivity contribution in [3.05, 3.63) is 65.2 Å². The molecule has 0 unspecified atom stereocenters. The summed E-state index contributed by atoms with van der Waals surface area (Å²) in [6.07, 6.45) is 0.894. The average molecular weight is 387 g/mol. The lowest BCUT2D eigenvalue weighted by molar-refractivity contribution is 0.0947.